The molecule has 0 heterocycles. The summed E-state index contributed by atoms with van der Waals surface area (Å²) in [5, 5.41) is 0. The van der Waals surface area contributed by atoms with Crippen molar-refractivity contribution in [1.82, 2.24) is 0 Å². The van der Waals surface area contributed by atoms with Gasteiger partial charge in [0.25, 0.3) is 0 Å². The summed E-state index contributed by atoms with van der Waals surface area (Å²) >= 11 is 12.3. The fourth-order valence-electron chi connectivity index (χ4n) is 1.53. The second-order valence-corrected chi connectivity index (χ2v) is 10.9. The lowest BCUT2D eigenvalue weighted by atomic mass is 10.7. The molecule has 92 valence electrons. The van der Waals surface area contributed by atoms with Crippen LogP contribution in [0.15, 0.2) is 0 Å². The Morgan fingerprint density at radius 3 is 1.87 bits per heavy atom. The van der Waals surface area contributed by atoms with E-state index in [9.17, 15) is 0 Å². The number of alkyl halides is 1. The lowest BCUT2D eigenvalue weighted by Gasteiger charge is -2.31. The highest BCUT2D eigenvalue weighted by Gasteiger charge is 2.35. The Kier molecular flexibility index (Phi) is 7.46. The van der Waals surface area contributed by atoms with E-state index in [4.69, 9.17) is 32.2 Å². The first-order chi connectivity index (χ1) is 6.85. The largest absolute Gasteiger partial charge is 0.352 e. The van der Waals surface area contributed by atoms with E-state index in [-0.39, 0.29) is 17.6 Å². The van der Waals surface area contributed by atoms with Gasteiger partial charge in [-0.1, -0.05) is 25.4 Å². The highest BCUT2D eigenvalue weighted by atomic mass is 35.6. The fourth-order valence-corrected chi connectivity index (χ4v) is 3.91. The molecule has 0 spiro atoms. The molecular weight excluding hydrogens is 251 g/mol. The van der Waals surface area contributed by atoms with Gasteiger partial charge in [-0.2, -0.15) is 11.1 Å². The molecule has 0 aliphatic heterocycles. The Morgan fingerprint density at radius 1 is 1.07 bits per heavy atom. The molecule has 5 heteroatoms. The first kappa shape index (κ1) is 15.7. The Labute approximate surface area is 104 Å². The van der Waals surface area contributed by atoms with Gasteiger partial charge in [0.15, 0.2) is 13.7 Å². The monoisotopic (exact) mass is 272 g/mol. The Bertz CT molecular complexity index is 175. The minimum absolute atomic E-state index is 0.0829. The molecule has 0 aromatic heterocycles. The van der Waals surface area contributed by atoms with Crippen LogP contribution in [-0.2, 0) is 9.47 Å². The number of halogens is 2. The van der Waals surface area contributed by atoms with E-state index in [1.54, 1.807) is 6.92 Å². The van der Waals surface area contributed by atoms with Gasteiger partial charge >= 0.3 is 0 Å². The van der Waals surface area contributed by atoms with E-state index in [0.29, 0.717) is 0 Å². The zero-order valence-corrected chi connectivity index (χ0v) is 12.7. The van der Waals surface area contributed by atoms with E-state index in [1.807, 2.05) is 13.8 Å². The Morgan fingerprint density at radius 2 is 1.53 bits per heavy atom. The maximum Gasteiger partial charge on any atom is 0.185 e. The van der Waals surface area contributed by atoms with Crippen molar-refractivity contribution < 1.29 is 9.47 Å². The van der Waals surface area contributed by atoms with Gasteiger partial charge in [-0.05, 0) is 32.9 Å². The SMILES string of the molecule is CC[Si](Cl)(CC)C(C)OC(C)OC(C)Cl. The van der Waals surface area contributed by atoms with Crippen LogP contribution in [0, 0.1) is 0 Å². The fraction of sp³-hybridized carbons (Fsp3) is 1.00. The maximum atomic E-state index is 6.56. The molecule has 0 rings (SSSR count). The molecule has 3 unspecified atom stereocenters. The van der Waals surface area contributed by atoms with Crippen molar-refractivity contribution in [2.24, 2.45) is 0 Å². The number of hydrogen-bond donors (Lipinski definition) is 0. The van der Waals surface area contributed by atoms with Crippen LogP contribution in [0.1, 0.15) is 34.6 Å². The van der Waals surface area contributed by atoms with Crippen molar-refractivity contribution in [2.75, 3.05) is 0 Å². The van der Waals surface area contributed by atoms with E-state index >= 15 is 0 Å². The minimum atomic E-state index is -1.79. The first-order valence-electron chi connectivity index (χ1n) is 5.49. The summed E-state index contributed by atoms with van der Waals surface area (Å²) in [6.07, 6.45) is -0.295. The van der Waals surface area contributed by atoms with E-state index in [1.165, 1.54) is 0 Å². The average Bonchev–Trinajstić information content (AvgIpc) is 2.15. The van der Waals surface area contributed by atoms with Gasteiger partial charge < -0.3 is 9.47 Å². The van der Waals surface area contributed by atoms with Crippen molar-refractivity contribution in [3.63, 3.8) is 0 Å². The van der Waals surface area contributed by atoms with Gasteiger partial charge in [-0.3, -0.25) is 0 Å². The van der Waals surface area contributed by atoms with Crippen molar-refractivity contribution in [3.05, 3.63) is 0 Å². The molecule has 3 atom stereocenters. The third kappa shape index (κ3) is 5.55. The van der Waals surface area contributed by atoms with Crippen molar-refractivity contribution in [3.8, 4) is 0 Å². The second kappa shape index (κ2) is 7.12. The second-order valence-electron chi connectivity index (χ2n) is 3.77. The number of ether oxygens (including phenoxy) is 2. The summed E-state index contributed by atoms with van der Waals surface area (Å²) < 4.78 is 11.0. The van der Waals surface area contributed by atoms with Gasteiger partial charge in [0.05, 0.1) is 5.73 Å². The summed E-state index contributed by atoms with van der Waals surface area (Å²) in [4.78, 5) is 0. The summed E-state index contributed by atoms with van der Waals surface area (Å²) in [6, 6.07) is 2.02. The maximum absolute atomic E-state index is 6.56. The van der Waals surface area contributed by atoms with Gasteiger partial charge in [-0.25, -0.2) is 0 Å². The van der Waals surface area contributed by atoms with Gasteiger partial charge in [0.1, 0.15) is 5.56 Å². The topological polar surface area (TPSA) is 18.5 Å². The molecule has 0 N–H and O–H groups in total. The molecule has 0 aromatic carbocycles. The Hall–Kier alpha value is 0.717. The normalized spacial score (nSPS) is 18.6. The van der Waals surface area contributed by atoms with Crippen LogP contribution in [0.25, 0.3) is 0 Å². The Balaban J connectivity index is 4.16. The molecule has 0 aliphatic carbocycles. The predicted molar refractivity (Wildman–Crippen MR) is 69.0 cm³/mol. The third-order valence-electron chi connectivity index (χ3n) is 2.68. The van der Waals surface area contributed by atoms with Crippen LogP contribution in [-0.4, -0.2) is 25.0 Å². The molecule has 0 saturated carbocycles. The molecular formula is C10H22Cl2O2Si. The molecule has 0 aromatic rings. The van der Waals surface area contributed by atoms with Crippen molar-refractivity contribution in [2.45, 2.75) is 64.3 Å². The van der Waals surface area contributed by atoms with Crippen LogP contribution in [0.5, 0.6) is 0 Å². The smallest absolute Gasteiger partial charge is 0.185 e. The molecule has 0 bridgehead atoms. The zero-order chi connectivity index (χ0) is 12.1. The zero-order valence-electron chi connectivity index (χ0n) is 10.2. The molecule has 0 saturated heterocycles. The number of rotatable bonds is 7. The minimum Gasteiger partial charge on any atom is -0.352 e. The predicted octanol–water partition coefficient (Wildman–Crippen LogP) is 4.10. The van der Waals surface area contributed by atoms with Crippen LogP contribution >= 0.6 is 22.7 Å². The highest BCUT2D eigenvalue weighted by molar-refractivity contribution is 7.21. The third-order valence-corrected chi connectivity index (χ3v) is 9.25. The summed E-state index contributed by atoms with van der Waals surface area (Å²) in [5.74, 6) is 0. The van der Waals surface area contributed by atoms with Crippen LogP contribution in [0.2, 0.25) is 12.1 Å². The van der Waals surface area contributed by atoms with Crippen LogP contribution < -0.4 is 0 Å². The lowest BCUT2D eigenvalue weighted by Crippen LogP contribution is -2.43. The van der Waals surface area contributed by atoms with Crippen molar-refractivity contribution >= 4 is 30.1 Å². The van der Waals surface area contributed by atoms with Gasteiger partial charge in [0.2, 0.25) is 0 Å². The number of hydrogen-bond acceptors (Lipinski definition) is 2. The molecule has 0 fully saturated rings. The van der Waals surface area contributed by atoms with E-state index in [0.717, 1.165) is 12.1 Å². The van der Waals surface area contributed by atoms with Crippen LogP contribution in [0.4, 0.5) is 0 Å². The van der Waals surface area contributed by atoms with E-state index < -0.39 is 7.38 Å². The highest BCUT2D eigenvalue weighted by Crippen LogP contribution is 2.27. The summed E-state index contributed by atoms with van der Waals surface area (Å²) in [5.41, 5.74) is -0.249. The molecule has 15 heavy (non-hydrogen) atoms. The van der Waals surface area contributed by atoms with Gasteiger partial charge in [-0.15, -0.1) is 0 Å². The average molecular weight is 273 g/mol. The standard InChI is InChI=1S/C10H22Cl2O2Si/c1-6-15(12,7-2)10(5)14-9(4)13-8(3)11/h8-10H,6-7H2,1-5H3. The quantitative estimate of drug-likeness (QED) is 0.301. The summed E-state index contributed by atoms with van der Waals surface area (Å²) in [6.45, 7) is 9.91. The van der Waals surface area contributed by atoms with Gasteiger partial charge in [0, 0.05) is 0 Å². The first-order valence-corrected chi connectivity index (χ1v) is 9.43. The molecule has 0 radical (unpaired) electrons. The lowest BCUT2D eigenvalue weighted by molar-refractivity contribution is -0.146. The van der Waals surface area contributed by atoms with Crippen molar-refractivity contribution in [1.29, 1.82) is 0 Å². The molecule has 2 nitrogen and oxygen atoms in total. The van der Waals surface area contributed by atoms with Crippen LogP contribution in [0.3, 0.4) is 0 Å². The molecule has 0 amide bonds. The van der Waals surface area contributed by atoms with E-state index in [2.05, 4.69) is 13.8 Å². The molecule has 0 aliphatic rings. The summed E-state index contributed by atoms with van der Waals surface area (Å²) in [7, 11) is -1.79.